The number of hydrogen-bond acceptors (Lipinski definition) is 7. The van der Waals surface area contributed by atoms with Crippen molar-refractivity contribution in [1.29, 1.82) is 5.26 Å². The average Bonchev–Trinajstić information content (AvgIpc) is 3.31. The third-order valence-corrected chi connectivity index (χ3v) is 4.35. The number of benzene rings is 1. The Balaban J connectivity index is 1.95. The largest absolute Gasteiger partial charge is 0.317 e. The van der Waals surface area contributed by atoms with Gasteiger partial charge in [0.25, 0.3) is 11.6 Å². The van der Waals surface area contributed by atoms with Gasteiger partial charge >= 0.3 is 0 Å². The van der Waals surface area contributed by atoms with Crippen LogP contribution in [0.4, 0.5) is 10.8 Å². The van der Waals surface area contributed by atoms with E-state index in [9.17, 15) is 20.2 Å². The van der Waals surface area contributed by atoms with Crippen LogP contribution in [0.15, 0.2) is 47.6 Å². The van der Waals surface area contributed by atoms with Crippen LogP contribution >= 0.6 is 22.9 Å². The first kappa shape index (κ1) is 18.2. The van der Waals surface area contributed by atoms with Crippen molar-refractivity contribution in [2.75, 3.05) is 5.32 Å². The molecule has 0 bridgehead atoms. The highest BCUT2D eigenvalue weighted by Crippen LogP contribution is 2.28. The molecule has 9 nitrogen and oxygen atoms in total. The molecule has 2 heterocycles. The summed E-state index contributed by atoms with van der Waals surface area (Å²) in [7, 11) is 0. The highest BCUT2D eigenvalue weighted by atomic mass is 35.5. The number of nitro benzene ring substituents is 1. The molecule has 27 heavy (non-hydrogen) atoms. The van der Waals surface area contributed by atoms with E-state index in [2.05, 4.69) is 15.5 Å². The molecule has 0 aliphatic heterocycles. The SMILES string of the molecule is N#C/C(=C/c1cccn1-c1ccc(Cl)c([N+](=O)[O-])c1)C(=O)Nc1nncs1. The van der Waals surface area contributed by atoms with Crippen LogP contribution in [0.5, 0.6) is 0 Å². The van der Waals surface area contributed by atoms with Crippen molar-refractivity contribution >= 4 is 45.7 Å². The van der Waals surface area contributed by atoms with E-state index in [0.29, 0.717) is 11.4 Å². The van der Waals surface area contributed by atoms with Gasteiger partial charge in [0, 0.05) is 18.0 Å². The minimum absolute atomic E-state index is 0.0159. The van der Waals surface area contributed by atoms with Crippen LogP contribution in [0.25, 0.3) is 11.8 Å². The number of carbonyl (C=O) groups excluding carboxylic acids is 1. The van der Waals surface area contributed by atoms with Gasteiger partial charge in [-0.25, -0.2) is 0 Å². The number of anilines is 1. The van der Waals surface area contributed by atoms with Gasteiger partial charge in [0.05, 0.1) is 10.6 Å². The zero-order valence-electron chi connectivity index (χ0n) is 13.4. The van der Waals surface area contributed by atoms with Gasteiger partial charge in [0.2, 0.25) is 5.13 Å². The van der Waals surface area contributed by atoms with Gasteiger partial charge in [0.1, 0.15) is 22.2 Å². The number of amides is 1. The molecule has 1 aromatic carbocycles. The fraction of sp³-hybridized carbons (Fsp3) is 0. The van der Waals surface area contributed by atoms with Crippen molar-refractivity contribution in [2.24, 2.45) is 0 Å². The molecule has 1 amide bonds. The summed E-state index contributed by atoms with van der Waals surface area (Å²) in [6, 6.07) is 9.50. The molecule has 2 aromatic heterocycles. The van der Waals surface area contributed by atoms with Crippen molar-refractivity contribution in [1.82, 2.24) is 14.8 Å². The first-order valence-corrected chi connectivity index (χ1v) is 8.56. The number of carbonyl (C=O) groups is 1. The Labute approximate surface area is 161 Å². The average molecular weight is 401 g/mol. The second-order valence-corrected chi connectivity index (χ2v) is 6.30. The summed E-state index contributed by atoms with van der Waals surface area (Å²) in [5.74, 6) is -0.635. The van der Waals surface area contributed by atoms with Gasteiger partial charge in [0.15, 0.2) is 0 Å². The van der Waals surface area contributed by atoms with Crippen molar-refractivity contribution < 1.29 is 9.72 Å². The lowest BCUT2D eigenvalue weighted by Gasteiger charge is -2.08. The second kappa shape index (κ2) is 7.77. The standard InChI is InChI=1S/C16H9ClN6O3S/c17-13-4-3-12(7-14(13)23(25)26)22-5-1-2-11(22)6-10(8-18)15(24)20-16-21-19-9-27-16/h1-7,9H,(H,20,21,24)/b10-6-. The number of halogens is 1. The van der Waals surface area contributed by atoms with Gasteiger partial charge in [-0.2, -0.15) is 5.26 Å². The quantitative estimate of drug-likeness (QED) is 0.302. The van der Waals surface area contributed by atoms with Crippen molar-refractivity contribution in [3.05, 3.63) is 68.4 Å². The number of nitro groups is 1. The van der Waals surface area contributed by atoms with Crippen molar-refractivity contribution in [2.45, 2.75) is 0 Å². The summed E-state index contributed by atoms with van der Waals surface area (Å²) in [5.41, 5.74) is 1.99. The van der Waals surface area contributed by atoms with E-state index in [1.165, 1.54) is 23.7 Å². The molecule has 134 valence electrons. The molecular weight excluding hydrogens is 392 g/mol. The molecule has 1 N–H and O–H groups in total. The van der Waals surface area contributed by atoms with E-state index in [1.54, 1.807) is 29.0 Å². The Hall–Kier alpha value is -3.55. The first-order chi connectivity index (χ1) is 13.0. The Morgan fingerprint density at radius 3 is 2.93 bits per heavy atom. The number of nitriles is 1. The fourth-order valence-corrected chi connectivity index (χ4v) is 2.85. The summed E-state index contributed by atoms with van der Waals surface area (Å²) in [6.07, 6.45) is 3.02. The highest BCUT2D eigenvalue weighted by Gasteiger charge is 2.16. The van der Waals surface area contributed by atoms with Gasteiger partial charge in [-0.15, -0.1) is 10.2 Å². The maximum absolute atomic E-state index is 12.2. The first-order valence-electron chi connectivity index (χ1n) is 7.30. The second-order valence-electron chi connectivity index (χ2n) is 5.06. The lowest BCUT2D eigenvalue weighted by atomic mass is 10.2. The minimum atomic E-state index is -0.635. The van der Waals surface area contributed by atoms with Crippen LogP contribution in [-0.2, 0) is 4.79 Å². The van der Waals surface area contributed by atoms with Gasteiger partial charge < -0.3 is 4.57 Å². The van der Waals surface area contributed by atoms with Crippen LogP contribution in [0.3, 0.4) is 0 Å². The highest BCUT2D eigenvalue weighted by molar-refractivity contribution is 7.13. The third-order valence-electron chi connectivity index (χ3n) is 3.42. The summed E-state index contributed by atoms with van der Waals surface area (Å²) in [4.78, 5) is 22.7. The normalized spacial score (nSPS) is 11.0. The van der Waals surface area contributed by atoms with Crippen molar-refractivity contribution in [3.63, 3.8) is 0 Å². The van der Waals surface area contributed by atoms with E-state index >= 15 is 0 Å². The summed E-state index contributed by atoms with van der Waals surface area (Å²) < 4.78 is 1.60. The predicted octanol–water partition coefficient (Wildman–Crippen LogP) is 3.44. The Morgan fingerprint density at radius 1 is 1.44 bits per heavy atom. The van der Waals surface area contributed by atoms with Gasteiger partial charge in [-0.1, -0.05) is 22.9 Å². The maximum atomic E-state index is 12.2. The molecule has 11 heteroatoms. The molecular formula is C16H9ClN6O3S. The van der Waals surface area contributed by atoms with E-state index in [1.807, 2.05) is 6.07 Å². The Kier molecular flexibility index (Phi) is 5.25. The van der Waals surface area contributed by atoms with Gasteiger partial charge in [-0.05, 0) is 30.3 Å². The number of nitrogens with zero attached hydrogens (tertiary/aromatic N) is 5. The molecule has 3 rings (SSSR count). The Bertz CT molecular complexity index is 1080. The molecule has 0 unspecified atom stereocenters. The number of rotatable bonds is 5. The topological polar surface area (TPSA) is 127 Å². The molecule has 0 saturated carbocycles. The van der Waals surface area contributed by atoms with Crippen LogP contribution < -0.4 is 5.32 Å². The van der Waals surface area contributed by atoms with Crippen LogP contribution in [0.2, 0.25) is 5.02 Å². The van der Waals surface area contributed by atoms with Crippen LogP contribution in [-0.4, -0.2) is 25.6 Å². The zero-order chi connectivity index (χ0) is 19.4. The van der Waals surface area contributed by atoms with Crippen LogP contribution in [0, 0.1) is 21.4 Å². The molecule has 0 spiro atoms. The number of hydrogen-bond donors (Lipinski definition) is 1. The molecule has 3 aromatic rings. The molecule has 0 atom stereocenters. The van der Waals surface area contributed by atoms with E-state index < -0.39 is 10.8 Å². The monoisotopic (exact) mass is 400 g/mol. The van der Waals surface area contributed by atoms with E-state index in [4.69, 9.17) is 11.6 Å². The molecule has 0 saturated heterocycles. The summed E-state index contributed by atoms with van der Waals surface area (Å²) in [5, 5.41) is 30.4. The molecule has 0 aliphatic rings. The lowest BCUT2D eigenvalue weighted by molar-refractivity contribution is -0.384. The zero-order valence-corrected chi connectivity index (χ0v) is 14.9. The smallest absolute Gasteiger partial charge is 0.289 e. The number of nitrogens with one attached hydrogen (secondary N) is 1. The van der Waals surface area contributed by atoms with Crippen LogP contribution in [0.1, 0.15) is 5.69 Å². The Morgan fingerprint density at radius 2 is 2.26 bits per heavy atom. The lowest BCUT2D eigenvalue weighted by Crippen LogP contribution is -2.13. The molecule has 0 fully saturated rings. The molecule has 0 radical (unpaired) electrons. The van der Waals surface area contributed by atoms with E-state index in [0.717, 1.165) is 11.3 Å². The van der Waals surface area contributed by atoms with Gasteiger partial charge in [-0.3, -0.25) is 20.2 Å². The maximum Gasteiger partial charge on any atom is 0.289 e. The summed E-state index contributed by atoms with van der Waals surface area (Å²) >= 11 is 6.96. The van der Waals surface area contributed by atoms with E-state index in [-0.39, 0.29) is 21.4 Å². The number of aromatic nitrogens is 3. The molecule has 0 aliphatic carbocycles. The minimum Gasteiger partial charge on any atom is -0.317 e. The van der Waals surface area contributed by atoms with Crippen molar-refractivity contribution in [3.8, 4) is 11.8 Å². The predicted molar refractivity (Wildman–Crippen MR) is 99.6 cm³/mol. The third kappa shape index (κ3) is 4.00. The summed E-state index contributed by atoms with van der Waals surface area (Å²) in [6.45, 7) is 0. The fourth-order valence-electron chi connectivity index (χ4n) is 2.23.